The zero-order chi connectivity index (χ0) is 13.9. The Balaban J connectivity index is 1.77. The minimum absolute atomic E-state index is 0.127. The summed E-state index contributed by atoms with van der Waals surface area (Å²) in [5, 5.41) is 6.09. The van der Waals surface area contributed by atoms with Crippen molar-refractivity contribution in [1.29, 1.82) is 0 Å². The van der Waals surface area contributed by atoms with Crippen LogP contribution in [0.25, 0.3) is 0 Å². The van der Waals surface area contributed by atoms with Crippen molar-refractivity contribution in [3.8, 4) is 0 Å². The Hall–Kier alpha value is -2.07. The van der Waals surface area contributed by atoms with E-state index in [9.17, 15) is 4.79 Å². The van der Waals surface area contributed by atoms with Gasteiger partial charge in [-0.3, -0.25) is 4.79 Å². The van der Waals surface area contributed by atoms with Gasteiger partial charge in [-0.25, -0.2) is 0 Å². The van der Waals surface area contributed by atoms with Crippen molar-refractivity contribution < 1.29 is 4.79 Å². The summed E-state index contributed by atoms with van der Waals surface area (Å²) in [6, 6.07) is 8.54. The van der Waals surface area contributed by atoms with Crippen LogP contribution in [0.3, 0.4) is 0 Å². The number of benzene rings is 1. The lowest BCUT2D eigenvalue weighted by Crippen LogP contribution is -2.34. The van der Waals surface area contributed by atoms with Crippen LogP contribution >= 0.6 is 0 Å². The van der Waals surface area contributed by atoms with E-state index in [1.54, 1.807) is 6.20 Å². The highest BCUT2D eigenvalue weighted by Gasteiger charge is 2.17. The van der Waals surface area contributed by atoms with Gasteiger partial charge in [-0.1, -0.05) is 18.7 Å². The minimum Gasteiger partial charge on any atom is -0.317 e. The summed E-state index contributed by atoms with van der Waals surface area (Å²) in [4.78, 5) is 13.1. The lowest BCUT2D eigenvalue weighted by atomic mass is 9.90. The number of amides is 1. The average molecular weight is 269 g/mol. The minimum atomic E-state index is -0.127. The first-order valence-electron chi connectivity index (χ1n) is 7.02. The fraction of sp³-hybridized carbons (Fsp3) is 0.312. The van der Waals surface area contributed by atoms with Crippen LogP contribution in [0, 0.1) is 0 Å². The summed E-state index contributed by atoms with van der Waals surface area (Å²) in [7, 11) is 0. The number of carbonyl (C=O) groups is 1. The third-order valence-corrected chi connectivity index (χ3v) is 3.92. The van der Waals surface area contributed by atoms with E-state index in [0.717, 1.165) is 18.8 Å². The maximum absolute atomic E-state index is 11.2. The highest BCUT2D eigenvalue weighted by molar-refractivity contribution is 5.91. The summed E-state index contributed by atoms with van der Waals surface area (Å²) in [6.45, 7) is 6.07. The number of hydrogen-bond donors (Lipinski definition) is 2. The second-order valence-electron chi connectivity index (χ2n) is 5.24. The molecule has 2 aliphatic rings. The number of rotatable bonds is 2. The van der Waals surface area contributed by atoms with E-state index in [1.807, 2.05) is 4.90 Å². The predicted octanol–water partition coefficient (Wildman–Crippen LogP) is 2.07. The summed E-state index contributed by atoms with van der Waals surface area (Å²) in [5.74, 6) is 1.12. The van der Waals surface area contributed by atoms with Crippen LogP contribution in [0.5, 0.6) is 0 Å². The highest BCUT2D eigenvalue weighted by Crippen LogP contribution is 2.28. The Bertz CT molecular complexity index is 541. The Kier molecular flexibility index (Phi) is 3.56. The van der Waals surface area contributed by atoms with Crippen molar-refractivity contribution in [3.63, 3.8) is 0 Å². The van der Waals surface area contributed by atoms with Gasteiger partial charge < -0.3 is 15.5 Å². The average Bonchev–Trinajstić information content (AvgIpc) is 2.48. The van der Waals surface area contributed by atoms with Gasteiger partial charge in [0.2, 0.25) is 0 Å². The van der Waals surface area contributed by atoms with Crippen LogP contribution < -0.4 is 15.5 Å². The molecule has 2 heterocycles. The lowest BCUT2D eigenvalue weighted by Gasteiger charge is -2.27. The monoisotopic (exact) mass is 269 g/mol. The van der Waals surface area contributed by atoms with E-state index in [-0.39, 0.29) is 5.91 Å². The van der Waals surface area contributed by atoms with Gasteiger partial charge in [0.1, 0.15) is 5.82 Å². The van der Waals surface area contributed by atoms with Crippen molar-refractivity contribution in [1.82, 2.24) is 10.6 Å². The van der Waals surface area contributed by atoms with E-state index in [0.29, 0.717) is 11.7 Å². The van der Waals surface area contributed by atoms with Crippen molar-refractivity contribution in [3.05, 3.63) is 54.5 Å². The molecular formula is C16H19N3O. The Morgan fingerprint density at radius 1 is 1.15 bits per heavy atom. The summed E-state index contributed by atoms with van der Waals surface area (Å²) >= 11 is 0. The van der Waals surface area contributed by atoms with Gasteiger partial charge in [0.05, 0.1) is 0 Å². The first-order valence-corrected chi connectivity index (χ1v) is 7.02. The Morgan fingerprint density at radius 3 is 2.50 bits per heavy atom. The number of piperidine rings is 1. The molecule has 4 nitrogen and oxygen atoms in total. The van der Waals surface area contributed by atoms with E-state index in [4.69, 9.17) is 0 Å². The quantitative estimate of drug-likeness (QED) is 0.864. The molecule has 2 aliphatic heterocycles. The number of nitrogens with zero attached hydrogens (tertiary/aromatic N) is 1. The standard InChI is InChI=1S/C16H19N3O/c1-12-18-16(20)8-11-19(12)15-4-2-13(3-5-15)14-6-9-17-10-7-14/h2-5,8,11,14,17H,1,6-7,9-10H2,(H,18,20). The molecule has 0 spiro atoms. The third-order valence-electron chi connectivity index (χ3n) is 3.92. The number of hydrogen-bond acceptors (Lipinski definition) is 3. The second-order valence-corrected chi connectivity index (χ2v) is 5.24. The molecule has 0 atom stereocenters. The molecule has 1 amide bonds. The van der Waals surface area contributed by atoms with Crippen LogP contribution in [0.4, 0.5) is 5.69 Å². The molecular weight excluding hydrogens is 250 g/mol. The van der Waals surface area contributed by atoms with Gasteiger partial charge in [-0.15, -0.1) is 0 Å². The molecule has 1 aromatic carbocycles. The van der Waals surface area contributed by atoms with Gasteiger partial charge in [0.25, 0.3) is 5.91 Å². The second kappa shape index (κ2) is 5.51. The molecule has 0 saturated carbocycles. The number of anilines is 1. The molecule has 1 saturated heterocycles. The molecule has 1 aromatic rings. The van der Waals surface area contributed by atoms with Crippen molar-refractivity contribution in [2.24, 2.45) is 0 Å². The molecule has 0 bridgehead atoms. The van der Waals surface area contributed by atoms with Gasteiger partial charge in [-0.05, 0) is 49.5 Å². The molecule has 4 heteroatoms. The first kappa shape index (κ1) is 12.9. The van der Waals surface area contributed by atoms with Gasteiger partial charge >= 0.3 is 0 Å². The molecule has 1 fully saturated rings. The summed E-state index contributed by atoms with van der Waals surface area (Å²) < 4.78 is 0. The van der Waals surface area contributed by atoms with E-state index < -0.39 is 0 Å². The lowest BCUT2D eigenvalue weighted by molar-refractivity contribution is -0.116. The van der Waals surface area contributed by atoms with Crippen LogP contribution in [-0.2, 0) is 4.79 Å². The van der Waals surface area contributed by atoms with Crippen LogP contribution in [0.1, 0.15) is 24.3 Å². The smallest absolute Gasteiger partial charge is 0.250 e. The largest absolute Gasteiger partial charge is 0.317 e. The normalized spacial score (nSPS) is 20.1. The topological polar surface area (TPSA) is 44.4 Å². The molecule has 0 radical (unpaired) electrons. The first-order chi connectivity index (χ1) is 9.74. The summed E-state index contributed by atoms with van der Waals surface area (Å²) in [5.41, 5.74) is 2.41. The van der Waals surface area contributed by atoms with E-state index in [1.165, 1.54) is 24.5 Å². The van der Waals surface area contributed by atoms with Crippen molar-refractivity contribution in [2.45, 2.75) is 18.8 Å². The van der Waals surface area contributed by atoms with Gasteiger partial charge in [-0.2, -0.15) is 0 Å². The van der Waals surface area contributed by atoms with Crippen molar-refractivity contribution in [2.75, 3.05) is 18.0 Å². The van der Waals surface area contributed by atoms with Crippen LogP contribution in [0.2, 0.25) is 0 Å². The molecule has 3 rings (SSSR count). The van der Waals surface area contributed by atoms with Crippen molar-refractivity contribution >= 4 is 11.6 Å². The number of nitrogens with one attached hydrogen (secondary N) is 2. The van der Waals surface area contributed by atoms with Gasteiger partial charge in [0.15, 0.2) is 0 Å². The zero-order valence-electron chi connectivity index (χ0n) is 11.4. The Morgan fingerprint density at radius 2 is 1.85 bits per heavy atom. The summed E-state index contributed by atoms with van der Waals surface area (Å²) in [6.07, 6.45) is 5.66. The van der Waals surface area contributed by atoms with Crippen LogP contribution in [0.15, 0.2) is 48.9 Å². The fourth-order valence-electron chi connectivity index (χ4n) is 2.78. The molecule has 0 unspecified atom stereocenters. The maximum Gasteiger partial charge on any atom is 0.250 e. The van der Waals surface area contributed by atoms with Gasteiger partial charge in [0, 0.05) is 18.0 Å². The maximum atomic E-state index is 11.2. The van der Waals surface area contributed by atoms with E-state index in [2.05, 4.69) is 41.5 Å². The third kappa shape index (κ3) is 2.60. The molecule has 0 aromatic heterocycles. The van der Waals surface area contributed by atoms with E-state index >= 15 is 0 Å². The SMILES string of the molecule is C=C1NC(=O)C=CN1c1ccc(C2CCNCC2)cc1. The number of carbonyl (C=O) groups excluding carboxylic acids is 1. The van der Waals surface area contributed by atoms with Crippen LogP contribution in [-0.4, -0.2) is 19.0 Å². The molecule has 2 N–H and O–H groups in total. The highest BCUT2D eigenvalue weighted by atomic mass is 16.1. The zero-order valence-corrected chi connectivity index (χ0v) is 11.4. The fourth-order valence-corrected chi connectivity index (χ4v) is 2.78. The predicted molar refractivity (Wildman–Crippen MR) is 80.2 cm³/mol. The Labute approximate surface area is 119 Å². The molecule has 20 heavy (non-hydrogen) atoms. The molecule has 104 valence electrons. The molecule has 0 aliphatic carbocycles.